The van der Waals surface area contributed by atoms with E-state index >= 15 is 0 Å². The number of hydrogen-bond donors (Lipinski definition) is 0. The van der Waals surface area contributed by atoms with E-state index in [0.717, 1.165) is 41.9 Å². The van der Waals surface area contributed by atoms with Crippen LogP contribution >= 0.6 is 0 Å². The molecule has 1 aliphatic carbocycles. The summed E-state index contributed by atoms with van der Waals surface area (Å²) in [5.41, 5.74) is 5.49. The van der Waals surface area contributed by atoms with Crippen LogP contribution in [0.15, 0.2) is 36.4 Å². The molecular formula is C29H36N2. The van der Waals surface area contributed by atoms with E-state index in [2.05, 4.69) is 62.4 Å². The van der Waals surface area contributed by atoms with Crippen LogP contribution < -0.4 is 0 Å². The minimum atomic E-state index is 0.412. The summed E-state index contributed by atoms with van der Waals surface area (Å²) in [5.74, 6) is 1.25. The lowest BCUT2D eigenvalue weighted by molar-refractivity contribution is 0.302. The van der Waals surface area contributed by atoms with Crippen LogP contribution in [0, 0.1) is 28.6 Å². The van der Waals surface area contributed by atoms with Gasteiger partial charge in [0.1, 0.15) is 12.1 Å². The number of aryl methyl sites for hydroxylation is 1. The molecule has 0 atom stereocenters. The van der Waals surface area contributed by atoms with Gasteiger partial charge < -0.3 is 0 Å². The molecule has 0 radical (unpaired) electrons. The van der Waals surface area contributed by atoms with E-state index in [9.17, 15) is 10.5 Å². The fourth-order valence-electron chi connectivity index (χ4n) is 5.11. The van der Waals surface area contributed by atoms with Gasteiger partial charge in [0.2, 0.25) is 0 Å². The molecule has 2 nitrogen and oxygen atoms in total. The van der Waals surface area contributed by atoms with Crippen LogP contribution in [0.4, 0.5) is 0 Å². The lowest BCUT2D eigenvalue weighted by atomic mass is 9.75. The molecule has 2 aromatic carbocycles. The number of unbranched alkanes of at least 4 members (excludes halogenated alkanes) is 3. The highest BCUT2D eigenvalue weighted by atomic mass is 14.3. The second-order valence-electron chi connectivity index (χ2n) is 9.19. The molecule has 1 aliphatic rings. The minimum Gasteiger partial charge on any atom is -0.192 e. The monoisotopic (exact) mass is 412 g/mol. The fraction of sp³-hybridized carbons (Fsp3) is 0.517. The molecule has 0 N–H and O–H groups in total. The van der Waals surface area contributed by atoms with E-state index in [-0.39, 0.29) is 0 Å². The summed E-state index contributed by atoms with van der Waals surface area (Å²) in [6.45, 7) is 4.47. The maximum atomic E-state index is 9.97. The van der Waals surface area contributed by atoms with Crippen molar-refractivity contribution in [2.45, 2.75) is 90.4 Å². The molecule has 2 heteroatoms. The van der Waals surface area contributed by atoms with Gasteiger partial charge in [0.15, 0.2) is 0 Å². The van der Waals surface area contributed by atoms with Crippen molar-refractivity contribution in [2.75, 3.05) is 0 Å². The molecule has 31 heavy (non-hydrogen) atoms. The van der Waals surface area contributed by atoms with Crippen LogP contribution in [0.5, 0.6) is 0 Å². The summed E-state index contributed by atoms with van der Waals surface area (Å²) < 4.78 is 0. The van der Waals surface area contributed by atoms with Crippen molar-refractivity contribution >= 4 is 0 Å². The Balaban J connectivity index is 1.79. The molecule has 0 amide bonds. The summed E-state index contributed by atoms with van der Waals surface area (Å²) in [7, 11) is 0. The number of hydrogen-bond acceptors (Lipinski definition) is 2. The zero-order chi connectivity index (χ0) is 22.1. The van der Waals surface area contributed by atoms with Gasteiger partial charge in [-0.3, -0.25) is 0 Å². The molecular weight excluding hydrogens is 376 g/mol. The Morgan fingerprint density at radius 1 is 0.774 bits per heavy atom. The molecule has 0 aliphatic heterocycles. The van der Waals surface area contributed by atoms with Gasteiger partial charge in [-0.1, -0.05) is 82.3 Å². The maximum absolute atomic E-state index is 9.97. The Bertz CT molecular complexity index is 919. The molecule has 0 saturated heterocycles. The molecule has 1 saturated carbocycles. The van der Waals surface area contributed by atoms with Crippen molar-refractivity contribution < 1.29 is 0 Å². The third-order valence-electron chi connectivity index (χ3n) is 7.05. The predicted molar refractivity (Wildman–Crippen MR) is 129 cm³/mol. The van der Waals surface area contributed by atoms with Crippen LogP contribution in [0.1, 0.15) is 106 Å². The maximum Gasteiger partial charge on any atom is 0.101 e. The first-order chi connectivity index (χ1) is 15.2. The zero-order valence-electron chi connectivity index (χ0n) is 19.3. The summed E-state index contributed by atoms with van der Waals surface area (Å²) in [5, 5.41) is 19.9. The largest absolute Gasteiger partial charge is 0.192 e. The van der Waals surface area contributed by atoms with Gasteiger partial charge in [0, 0.05) is 5.56 Å². The van der Waals surface area contributed by atoms with Gasteiger partial charge in [-0.05, 0) is 67.1 Å². The topological polar surface area (TPSA) is 47.6 Å². The molecule has 1 fully saturated rings. The Kier molecular flexibility index (Phi) is 8.73. The van der Waals surface area contributed by atoms with Gasteiger partial charge in [-0.2, -0.15) is 10.5 Å². The SMILES string of the molecule is CCCCCC1CCC(c2ccc(-c3ccc(CCCC)cc3)c(C#N)c2C#N)CC1. The molecule has 2 aromatic rings. The van der Waals surface area contributed by atoms with E-state index in [4.69, 9.17) is 0 Å². The van der Waals surface area contributed by atoms with E-state index in [1.807, 2.05) is 0 Å². The normalized spacial score (nSPS) is 18.3. The smallest absolute Gasteiger partial charge is 0.101 e. The van der Waals surface area contributed by atoms with Crippen molar-refractivity contribution in [3.05, 3.63) is 58.7 Å². The summed E-state index contributed by atoms with van der Waals surface area (Å²) in [6.07, 6.45) is 13.6. The second-order valence-corrected chi connectivity index (χ2v) is 9.19. The average Bonchev–Trinajstić information content (AvgIpc) is 2.82. The van der Waals surface area contributed by atoms with Crippen molar-refractivity contribution in [2.24, 2.45) is 5.92 Å². The lowest BCUT2D eigenvalue weighted by Gasteiger charge is -2.29. The van der Waals surface area contributed by atoms with Crippen LogP contribution in [-0.4, -0.2) is 0 Å². The van der Waals surface area contributed by atoms with Crippen LogP contribution in [0.3, 0.4) is 0 Å². The molecule has 162 valence electrons. The van der Waals surface area contributed by atoms with Gasteiger partial charge in [-0.25, -0.2) is 0 Å². The van der Waals surface area contributed by atoms with E-state index in [1.165, 1.54) is 56.9 Å². The van der Waals surface area contributed by atoms with E-state index in [1.54, 1.807) is 0 Å². The number of rotatable bonds is 9. The molecule has 0 bridgehead atoms. The van der Waals surface area contributed by atoms with Crippen molar-refractivity contribution in [1.82, 2.24) is 0 Å². The Morgan fingerprint density at radius 2 is 1.45 bits per heavy atom. The van der Waals surface area contributed by atoms with Crippen LogP contribution in [0.25, 0.3) is 11.1 Å². The second kappa shape index (κ2) is 11.7. The van der Waals surface area contributed by atoms with Crippen molar-refractivity contribution in [3.8, 4) is 23.3 Å². The lowest BCUT2D eigenvalue weighted by Crippen LogP contribution is -2.15. The summed E-state index contributed by atoms with van der Waals surface area (Å²) in [4.78, 5) is 0. The van der Waals surface area contributed by atoms with Gasteiger partial charge in [-0.15, -0.1) is 0 Å². The van der Waals surface area contributed by atoms with Crippen LogP contribution in [-0.2, 0) is 6.42 Å². The predicted octanol–water partition coefficient (Wildman–Crippen LogP) is 8.29. The molecule has 0 unspecified atom stereocenters. The quantitative estimate of drug-likeness (QED) is 0.389. The third-order valence-corrected chi connectivity index (χ3v) is 7.05. The van der Waals surface area contributed by atoms with Gasteiger partial charge in [0.25, 0.3) is 0 Å². The number of benzene rings is 2. The first kappa shape index (κ1) is 23.1. The summed E-state index contributed by atoms with van der Waals surface area (Å²) in [6, 6.07) is 17.5. The minimum absolute atomic E-state index is 0.412. The molecule has 3 rings (SSSR count). The molecule has 0 aromatic heterocycles. The Morgan fingerprint density at radius 3 is 2.06 bits per heavy atom. The average molecular weight is 413 g/mol. The number of nitriles is 2. The third kappa shape index (κ3) is 5.77. The Hall–Kier alpha value is -2.58. The first-order valence-electron chi connectivity index (χ1n) is 12.3. The van der Waals surface area contributed by atoms with Gasteiger partial charge >= 0.3 is 0 Å². The highest BCUT2D eigenvalue weighted by molar-refractivity contribution is 5.75. The highest BCUT2D eigenvalue weighted by Crippen LogP contribution is 2.41. The number of nitrogens with zero attached hydrogens (tertiary/aromatic N) is 2. The van der Waals surface area contributed by atoms with Crippen LogP contribution in [0.2, 0.25) is 0 Å². The molecule has 0 spiro atoms. The highest BCUT2D eigenvalue weighted by Gasteiger charge is 2.26. The van der Waals surface area contributed by atoms with Gasteiger partial charge in [0.05, 0.1) is 11.1 Å². The van der Waals surface area contributed by atoms with Crippen molar-refractivity contribution in [1.29, 1.82) is 10.5 Å². The summed E-state index contributed by atoms with van der Waals surface area (Å²) >= 11 is 0. The standard InChI is InChI=1S/C29H36N2/c1-3-5-7-9-23-12-16-25(17-13-23)27-19-18-26(28(20-30)29(27)21-31)24-14-10-22(11-15-24)8-6-4-2/h10-11,14-15,18-19,23,25H,3-9,12-13,16-17H2,1-2H3. The van der Waals surface area contributed by atoms with E-state index in [0.29, 0.717) is 17.0 Å². The first-order valence-corrected chi connectivity index (χ1v) is 12.3. The zero-order valence-corrected chi connectivity index (χ0v) is 19.3. The Labute approximate surface area is 188 Å². The van der Waals surface area contributed by atoms with E-state index < -0.39 is 0 Å². The fourth-order valence-corrected chi connectivity index (χ4v) is 5.11. The van der Waals surface area contributed by atoms with Crippen molar-refractivity contribution in [3.63, 3.8) is 0 Å². The molecule has 0 heterocycles.